The molecule has 0 spiro atoms. The van der Waals surface area contributed by atoms with Gasteiger partial charge in [-0.1, -0.05) is 69.2 Å². The predicted octanol–water partition coefficient (Wildman–Crippen LogP) is 5.21. The predicted molar refractivity (Wildman–Crippen MR) is 105 cm³/mol. The molecule has 123 valence electrons. The first kappa shape index (κ1) is 17.2. The summed E-state index contributed by atoms with van der Waals surface area (Å²) in [6.07, 6.45) is 17.5. The molecule has 0 bridgehead atoms. The van der Waals surface area contributed by atoms with E-state index in [2.05, 4.69) is 109 Å². The summed E-state index contributed by atoms with van der Waals surface area (Å²) in [6.45, 7) is 0. The first-order valence-corrected chi connectivity index (χ1v) is 10.2. The van der Waals surface area contributed by atoms with Crippen molar-refractivity contribution < 1.29 is 14.7 Å². The van der Waals surface area contributed by atoms with Crippen LogP contribution in [0.5, 0.6) is 0 Å². The zero-order valence-electron chi connectivity index (χ0n) is 13.4. The van der Waals surface area contributed by atoms with E-state index in [0.29, 0.717) is 9.70 Å². The zero-order valence-corrected chi connectivity index (χ0v) is 15.4. The van der Waals surface area contributed by atoms with Gasteiger partial charge in [-0.2, -0.15) is 0 Å². The summed E-state index contributed by atoms with van der Waals surface area (Å²) >= 11 is 1.51. The molecule has 2 aromatic carbocycles. The van der Waals surface area contributed by atoms with Gasteiger partial charge in [-0.15, -0.1) is 0 Å². The minimum absolute atomic E-state index is 0.642. The molecule has 0 radical (unpaired) electrons. The van der Waals surface area contributed by atoms with Gasteiger partial charge in [0.25, 0.3) is 0 Å². The number of allylic oxidation sites excluding steroid dienone is 8. The maximum absolute atomic E-state index is 2.25. The first-order valence-electron chi connectivity index (χ1n) is 8.04. The second kappa shape index (κ2) is 9.59. The molecule has 24 heavy (non-hydrogen) atoms. The van der Waals surface area contributed by atoms with Crippen molar-refractivity contribution in [3.63, 3.8) is 0 Å². The van der Waals surface area contributed by atoms with E-state index in [0.717, 1.165) is 8.58 Å². The van der Waals surface area contributed by atoms with Crippen molar-refractivity contribution in [2.75, 3.05) is 0 Å². The van der Waals surface area contributed by atoms with E-state index in [1.807, 2.05) is 0 Å². The summed E-state index contributed by atoms with van der Waals surface area (Å²) in [5.74, 6) is 0. The van der Waals surface area contributed by atoms with E-state index >= 15 is 0 Å². The Morgan fingerprint density at radius 3 is 1.29 bits per heavy atom. The Labute approximate surface area is 152 Å². The third-order valence-corrected chi connectivity index (χ3v) is 6.31. The topological polar surface area (TPSA) is 0 Å². The van der Waals surface area contributed by atoms with Gasteiger partial charge in [0.2, 0.25) is 0 Å². The molecule has 0 N–H and O–H groups in total. The standard InChI is InChI=1S/C12H11P.2C5H5.Co/c1-3-7-11(8-4-1)13-12-9-5-2-6-10-12;2*1-2-4-5-3-1;/h1-10,13H;2*1-5H;. The van der Waals surface area contributed by atoms with Crippen molar-refractivity contribution in [3.8, 4) is 0 Å². The molecule has 0 fully saturated rings. The van der Waals surface area contributed by atoms with Crippen LogP contribution in [0.4, 0.5) is 0 Å². The molecule has 0 atom stereocenters. The Bertz CT molecular complexity index is 642. The monoisotopic (exact) mass is 375 g/mol. The third-order valence-electron chi connectivity index (χ3n) is 3.46. The largest absolute Gasteiger partial charge is 0.0622 e. The van der Waals surface area contributed by atoms with Gasteiger partial charge in [-0.25, -0.2) is 0 Å². The van der Waals surface area contributed by atoms with Gasteiger partial charge in [-0.3, -0.25) is 0 Å². The van der Waals surface area contributed by atoms with Crippen LogP contribution in [0.3, 0.4) is 0 Å². The van der Waals surface area contributed by atoms with Crippen molar-refractivity contribution >= 4 is 19.2 Å². The Morgan fingerprint density at radius 1 is 0.542 bits per heavy atom. The molecular weight excluding hydrogens is 354 g/mol. The quantitative estimate of drug-likeness (QED) is 0.644. The van der Waals surface area contributed by atoms with Crippen molar-refractivity contribution in [2.24, 2.45) is 0 Å². The molecule has 0 nitrogen and oxygen atoms in total. The minimum atomic E-state index is 0.642. The second-order valence-electron chi connectivity index (χ2n) is 5.34. The summed E-state index contributed by atoms with van der Waals surface area (Å²) in [5, 5.41) is 2.79. The van der Waals surface area contributed by atoms with Crippen molar-refractivity contribution in [1.29, 1.82) is 0 Å². The normalized spacial score (nSPS) is 15.8. The summed E-state index contributed by atoms with van der Waals surface area (Å²) in [7, 11) is 0.777. The molecule has 0 aliphatic heterocycles. The van der Waals surface area contributed by atoms with Crippen LogP contribution in [0.15, 0.2) is 109 Å². The molecule has 2 heteroatoms. The second-order valence-corrected chi connectivity index (χ2v) is 8.48. The summed E-state index contributed by atoms with van der Waals surface area (Å²) in [6, 6.07) is 21.2. The zero-order chi connectivity index (χ0) is 16.5. The fourth-order valence-electron chi connectivity index (χ4n) is 2.30. The average molecular weight is 375 g/mol. The molecule has 0 heterocycles. The molecule has 2 aliphatic carbocycles. The maximum Gasteiger partial charge on any atom is -0.0226 e. The van der Waals surface area contributed by atoms with Crippen LogP contribution in [0.25, 0.3) is 0 Å². The van der Waals surface area contributed by atoms with Gasteiger partial charge in [0.05, 0.1) is 0 Å². The van der Waals surface area contributed by atoms with Gasteiger partial charge < -0.3 is 0 Å². The van der Waals surface area contributed by atoms with Crippen LogP contribution in [-0.2, 0) is 14.7 Å². The van der Waals surface area contributed by atoms with Gasteiger partial charge in [-0.05, 0) is 10.6 Å². The van der Waals surface area contributed by atoms with E-state index in [9.17, 15) is 0 Å². The molecule has 0 amide bonds. The summed E-state index contributed by atoms with van der Waals surface area (Å²) < 4.78 is 0. The van der Waals surface area contributed by atoms with Crippen LogP contribution < -0.4 is 10.6 Å². The van der Waals surface area contributed by atoms with Crippen LogP contribution in [0.2, 0.25) is 9.70 Å². The van der Waals surface area contributed by atoms with E-state index in [1.54, 1.807) is 0 Å². The fraction of sp³-hybridized carbons (Fsp3) is 0.0909. The minimum Gasteiger partial charge on any atom is -0.0622 e. The van der Waals surface area contributed by atoms with Crippen LogP contribution in [0, 0.1) is 0 Å². The molecule has 0 saturated carbocycles. The van der Waals surface area contributed by atoms with Gasteiger partial charge in [0, 0.05) is 0 Å². The summed E-state index contributed by atoms with van der Waals surface area (Å²) in [4.78, 5) is 1.28. The summed E-state index contributed by atoms with van der Waals surface area (Å²) in [5.41, 5.74) is 0. The van der Waals surface area contributed by atoms with E-state index in [-0.39, 0.29) is 0 Å². The van der Waals surface area contributed by atoms with Crippen molar-refractivity contribution in [3.05, 3.63) is 109 Å². The molecule has 2 aromatic rings. The van der Waals surface area contributed by atoms with Crippen molar-refractivity contribution in [2.45, 2.75) is 9.70 Å². The Kier molecular flexibility index (Phi) is 6.86. The van der Waals surface area contributed by atoms with Gasteiger partial charge in [0.1, 0.15) is 0 Å². The average Bonchev–Trinajstić information content (AvgIpc) is 3.32. The van der Waals surface area contributed by atoms with Crippen LogP contribution >= 0.6 is 8.58 Å². The number of hydrogen-bond donors (Lipinski definition) is 0. The Morgan fingerprint density at radius 2 is 0.917 bits per heavy atom. The number of benzene rings is 2. The van der Waals surface area contributed by atoms with Gasteiger partial charge in [0.15, 0.2) is 0 Å². The van der Waals surface area contributed by atoms with Crippen molar-refractivity contribution in [1.82, 2.24) is 0 Å². The molecule has 0 unspecified atom stereocenters. The molecular formula is C22H21CoP. The first-order chi connectivity index (χ1) is 11.9. The molecule has 0 aromatic heterocycles. The molecule has 0 saturated heterocycles. The van der Waals surface area contributed by atoms with Gasteiger partial charge >= 0.3 is 73.0 Å². The SMILES string of the molecule is C1=C[CH]([Co][CH]2C=CC=C2)C=C1.c1ccc(Pc2ccccc2)cc1. The fourth-order valence-corrected chi connectivity index (χ4v) is 4.74. The number of hydrogen-bond acceptors (Lipinski definition) is 0. The third kappa shape index (κ3) is 5.76. The Balaban J connectivity index is 0.000000143. The van der Waals surface area contributed by atoms with E-state index in [4.69, 9.17) is 0 Å². The number of rotatable bonds is 4. The maximum atomic E-state index is 2.25. The van der Waals surface area contributed by atoms with Crippen LogP contribution in [0.1, 0.15) is 0 Å². The van der Waals surface area contributed by atoms with E-state index < -0.39 is 0 Å². The smallest absolute Gasteiger partial charge is 0.0226 e. The van der Waals surface area contributed by atoms with E-state index in [1.165, 1.54) is 25.3 Å². The Hall–Kier alpha value is -1.66. The van der Waals surface area contributed by atoms with Crippen LogP contribution in [-0.4, -0.2) is 0 Å². The molecule has 2 aliphatic rings. The molecule has 4 rings (SSSR count).